The first-order chi connectivity index (χ1) is 29.8. The molecular formula is C57H39NO2. The highest BCUT2D eigenvalue weighted by Gasteiger charge is 2.48. The lowest BCUT2D eigenvalue weighted by Gasteiger charge is -2.35. The fourth-order valence-electron chi connectivity index (χ4n) is 10.7. The Morgan fingerprint density at radius 1 is 0.333 bits per heavy atom. The molecule has 284 valence electrons. The molecule has 9 aromatic rings. The first kappa shape index (κ1) is 34.4. The molecule has 0 saturated carbocycles. The second kappa shape index (κ2) is 13.5. The summed E-state index contributed by atoms with van der Waals surface area (Å²) in [6.07, 6.45) is 0. The third-order valence-electron chi connectivity index (χ3n) is 13.0. The molecule has 12 rings (SSSR count). The van der Waals surface area contributed by atoms with Crippen LogP contribution in [-0.2, 0) is 10.8 Å². The normalized spacial score (nSPS) is 14.5. The van der Waals surface area contributed by atoms with Gasteiger partial charge < -0.3 is 14.4 Å². The Bertz CT molecular complexity index is 2990. The van der Waals surface area contributed by atoms with E-state index >= 15 is 0 Å². The predicted octanol–water partition coefficient (Wildman–Crippen LogP) is 13.6. The van der Waals surface area contributed by atoms with Crippen LogP contribution in [0.25, 0.3) is 22.3 Å². The summed E-state index contributed by atoms with van der Waals surface area (Å²) in [6.45, 7) is 0.180. The highest BCUT2D eigenvalue weighted by atomic mass is 16.7. The average molecular weight is 770 g/mol. The fourth-order valence-corrected chi connectivity index (χ4v) is 10.7. The molecule has 1 heterocycles. The van der Waals surface area contributed by atoms with Crippen molar-refractivity contribution >= 4 is 17.1 Å². The van der Waals surface area contributed by atoms with Crippen LogP contribution in [0.4, 0.5) is 17.1 Å². The second-order valence-corrected chi connectivity index (χ2v) is 15.9. The van der Waals surface area contributed by atoms with Crippen LogP contribution in [0.3, 0.4) is 0 Å². The van der Waals surface area contributed by atoms with Gasteiger partial charge in [-0.1, -0.05) is 188 Å². The number of hydrogen-bond donors (Lipinski definition) is 0. The number of anilines is 3. The SMILES string of the molecule is c1ccc(C2(c3ccccc3)c3ccccc3-c3cc(N(c4ccc5c(c4)C(c4ccccc4)(c4ccccc4)c4ccccc4-5)c4cccc5c4OCO5)ccc32)cc1. The van der Waals surface area contributed by atoms with E-state index in [4.69, 9.17) is 9.47 Å². The monoisotopic (exact) mass is 769 g/mol. The van der Waals surface area contributed by atoms with Gasteiger partial charge in [0.15, 0.2) is 11.5 Å². The molecule has 2 aliphatic carbocycles. The van der Waals surface area contributed by atoms with Crippen molar-refractivity contribution in [2.45, 2.75) is 10.8 Å². The zero-order valence-corrected chi connectivity index (χ0v) is 32.8. The molecule has 60 heavy (non-hydrogen) atoms. The molecule has 0 radical (unpaired) electrons. The van der Waals surface area contributed by atoms with Gasteiger partial charge in [0, 0.05) is 11.4 Å². The van der Waals surface area contributed by atoms with Crippen molar-refractivity contribution in [3.63, 3.8) is 0 Å². The standard InChI is InChI=1S/C57H39NO2/c1-5-18-39(19-6-1)56(40-20-7-2-8-21-40)50-29-16-14-27-46(50)48-36-43(33-35-51(48)56)58(53-30-17-31-54-55(53)60-38-59-54)44-32-34-47-45-26-13-15-28-49(45)57(52(47)37-44,41-22-9-3-10-23-41)42-24-11-4-12-25-42/h1-37H,38H2. The Kier molecular flexibility index (Phi) is 7.73. The minimum absolute atomic E-state index is 0.180. The third kappa shape index (κ3) is 4.78. The smallest absolute Gasteiger partial charge is 0.231 e. The van der Waals surface area contributed by atoms with Crippen LogP contribution >= 0.6 is 0 Å². The van der Waals surface area contributed by atoms with E-state index in [1.807, 2.05) is 6.07 Å². The van der Waals surface area contributed by atoms with Gasteiger partial charge >= 0.3 is 0 Å². The van der Waals surface area contributed by atoms with Gasteiger partial charge in [-0.3, -0.25) is 0 Å². The summed E-state index contributed by atoms with van der Waals surface area (Å²) in [6, 6.07) is 82.1. The van der Waals surface area contributed by atoms with Gasteiger partial charge in [0.1, 0.15) is 0 Å². The minimum atomic E-state index is -0.545. The van der Waals surface area contributed by atoms with Gasteiger partial charge in [0.25, 0.3) is 0 Å². The number of nitrogens with zero attached hydrogens (tertiary/aromatic N) is 1. The van der Waals surface area contributed by atoms with Crippen molar-refractivity contribution in [1.29, 1.82) is 0 Å². The lowest BCUT2D eigenvalue weighted by atomic mass is 9.67. The Balaban J connectivity index is 1.13. The highest BCUT2D eigenvalue weighted by Crippen LogP contribution is 2.60. The third-order valence-corrected chi connectivity index (χ3v) is 13.0. The van der Waals surface area contributed by atoms with Crippen molar-refractivity contribution in [3.8, 4) is 33.8 Å². The van der Waals surface area contributed by atoms with Gasteiger partial charge in [-0.25, -0.2) is 0 Å². The quantitative estimate of drug-likeness (QED) is 0.161. The molecule has 9 aromatic carbocycles. The van der Waals surface area contributed by atoms with E-state index in [0.717, 1.165) is 28.6 Å². The summed E-state index contributed by atoms with van der Waals surface area (Å²) in [5.41, 5.74) is 16.9. The number of fused-ring (bicyclic) bond motifs is 7. The Morgan fingerprint density at radius 2 is 0.783 bits per heavy atom. The molecule has 3 nitrogen and oxygen atoms in total. The number of ether oxygens (including phenoxy) is 2. The van der Waals surface area contributed by atoms with Gasteiger partial charge in [-0.05, 0) is 103 Å². The van der Waals surface area contributed by atoms with Crippen LogP contribution in [0.1, 0.15) is 44.5 Å². The number of benzene rings is 9. The molecular weight excluding hydrogens is 731 g/mol. The van der Waals surface area contributed by atoms with E-state index in [1.165, 1.54) is 66.8 Å². The lowest BCUT2D eigenvalue weighted by molar-refractivity contribution is 0.174. The average Bonchev–Trinajstić information content (AvgIpc) is 4.01. The Labute approximate surface area is 350 Å². The van der Waals surface area contributed by atoms with Gasteiger partial charge in [-0.15, -0.1) is 0 Å². The first-order valence-corrected chi connectivity index (χ1v) is 20.7. The number of rotatable bonds is 7. The molecule has 0 aromatic heterocycles. The van der Waals surface area contributed by atoms with Crippen LogP contribution in [0.2, 0.25) is 0 Å². The summed E-state index contributed by atoms with van der Waals surface area (Å²) < 4.78 is 12.3. The summed E-state index contributed by atoms with van der Waals surface area (Å²) in [7, 11) is 0. The van der Waals surface area contributed by atoms with Gasteiger partial charge in [-0.2, -0.15) is 0 Å². The molecule has 0 fully saturated rings. The maximum absolute atomic E-state index is 6.31. The summed E-state index contributed by atoms with van der Waals surface area (Å²) in [5.74, 6) is 1.48. The lowest BCUT2D eigenvalue weighted by Crippen LogP contribution is -2.29. The fraction of sp³-hybridized carbons (Fsp3) is 0.0526. The summed E-state index contributed by atoms with van der Waals surface area (Å²) >= 11 is 0. The predicted molar refractivity (Wildman–Crippen MR) is 242 cm³/mol. The molecule has 1 aliphatic heterocycles. The van der Waals surface area contributed by atoms with E-state index in [1.54, 1.807) is 0 Å². The van der Waals surface area contributed by atoms with E-state index in [9.17, 15) is 0 Å². The van der Waals surface area contributed by atoms with Crippen molar-refractivity contribution in [2.24, 2.45) is 0 Å². The van der Waals surface area contributed by atoms with Gasteiger partial charge in [0.2, 0.25) is 6.79 Å². The zero-order valence-electron chi connectivity index (χ0n) is 32.8. The Hall–Kier alpha value is -7.62. The van der Waals surface area contributed by atoms with Crippen molar-refractivity contribution in [1.82, 2.24) is 0 Å². The molecule has 0 amide bonds. The van der Waals surface area contributed by atoms with Crippen LogP contribution in [0.5, 0.6) is 11.5 Å². The van der Waals surface area contributed by atoms with Crippen LogP contribution < -0.4 is 14.4 Å². The number of para-hydroxylation sites is 1. The molecule has 0 atom stereocenters. The second-order valence-electron chi connectivity index (χ2n) is 15.9. The summed E-state index contributed by atoms with van der Waals surface area (Å²) in [4.78, 5) is 2.37. The van der Waals surface area contributed by atoms with E-state index in [2.05, 4.69) is 223 Å². The first-order valence-electron chi connectivity index (χ1n) is 20.7. The van der Waals surface area contributed by atoms with E-state index in [-0.39, 0.29) is 6.79 Å². The number of hydrogen-bond acceptors (Lipinski definition) is 3. The topological polar surface area (TPSA) is 21.7 Å². The molecule has 0 spiro atoms. The minimum Gasteiger partial charge on any atom is -0.454 e. The van der Waals surface area contributed by atoms with Crippen molar-refractivity contribution in [3.05, 3.63) is 269 Å². The summed E-state index contributed by atoms with van der Waals surface area (Å²) in [5, 5.41) is 0. The molecule has 3 heteroatoms. The van der Waals surface area contributed by atoms with E-state index < -0.39 is 10.8 Å². The van der Waals surface area contributed by atoms with Gasteiger partial charge in [0.05, 0.1) is 16.5 Å². The van der Waals surface area contributed by atoms with Crippen molar-refractivity contribution < 1.29 is 9.47 Å². The molecule has 3 aliphatic rings. The van der Waals surface area contributed by atoms with Crippen LogP contribution in [0.15, 0.2) is 224 Å². The molecule has 0 unspecified atom stereocenters. The van der Waals surface area contributed by atoms with Crippen LogP contribution in [0, 0.1) is 0 Å². The van der Waals surface area contributed by atoms with E-state index in [0.29, 0.717) is 0 Å². The maximum Gasteiger partial charge on any atom is 0.231 e. The van der Waals surface area contributed by atoms with Crippen molar-refractivity contribution in [2.75, 3.05) is 11.7 Å². The molecule has 0 bridgehead atoms. The molecule has 0 saturated heterocycles. The largest absolute Gasteiger partial charge is 0.454 e. The maximum atomic E-state index is 6.31. The van der Waals surface area contributed by atoms with Crippen LogP contribution in [-0.4, -0.2) is 6.79 Å². The Morgan fingerprint density at radius 3 is 1.37 bits per heavy atom. The zero-order chi connectivity index (χ0) is 39.7. The highest BCUT2D eigenvalue weighted by molar-refractivity contribution is 5.93. The molecule has 0 N–H and O–H groups in total.